The lowest BCUT2D eigenvalue weighted by atomic mass is 10.1. The van der Waals surface area contributed by atoms with Gasteiger partial charge >= 0.3 is 0 Å². The number of nitrogen functional groups attached to an aromatic ring is 1. The Balaban J connectivity index is 2.49. The fraction of sp³-hybridized carbons (Fsp3) is 0.500. The van der Waals surface area contributed by atoms with Crippen LogP contribution in [0.3, 0.4) is 0 Å². The molecule has 18 heavy (non-hydrogen) atoms. The molecule has 6 heteroatoms. The second-order valence-corrected chi connectivity index (χ2v) is 6.75. The Morgan fingerprint density at radius 3 is 2.56 bits per heavy atom. The Bertz CT molecular complexity index is 539. The first-order valence-electron chi connectivity index (χ1n) is 5.90. The van der Waals surface area contributed by atoms with Crippen molar-refractivity contribution in [1.82, 2.24) is 4.31 Å². The number of hydrogen-bond donors (Lipinski definition) is 1. The summed E-state index contributed by atoms with van der Waals surface area (Å²) in [5, 5.41) is 0. The average Bonchev–Trinajstić information content (AvgIpc) is 2.57. The molecule has 1 aliphatic heterocycles. The molecule has 2 N–H and O–H groups in total. The van der Waals surface area contributed by atoms with Crippen LogP contribution in [0.25, 0.3) is 0 Å². The summed E-state index contributed by atoms with van der Waals surface area (Å²) in [6.07, 6.45) is 0.785. The summed E-state index contributed by atoms with van der Waals surface area (Å²) in [5.41, 5.74) is 5.57. The van der Waals surface area contributed by atoms with Gasteiger partial charge in [0.15, 0.2) is 0 Å². The predicted octanol–water partition coefficient (Wildman–Crippen LogP) is 1.83. The van der Waals surface area contributed by atoms with Crippen LogP contribution in [0.15, 0.2) is 23.1 Å². The molecule has 1 aliphatic rings. The summed E-state index contributed by atoms with van der Waals surface area (Å²) >= 11 is 0. The second kappa shape index (κ2) is 4.51. The molecule has 0 aliphatic carbocycles. The maximum Gasteiger partial charge on any atom is 0.248 e. The molecule has 2 unspecified atom stereocenters. The molecule has 0 saturated carbocycles. The van der Waals surface area contributed by atoms with Crippen LogP contribution >= 0.6 is 0 Å². The van der Waals surface area contributed by atoms with Crippen LogP contribution in [0.1, 0.15) is 20.3 Å². The van der Waals surface area contributed by atoms with Gasteiger partial charge in [-0.3, -0.25) is 0 Å². The number of sulfonamides is 1. The van der Waals surface area contributed by atoms with Crippen LogP contribution in [0.2, 0.25) is 0 Å². The number of rotatable bonds is 2. The maximum absolute atomic E-state index is 13.7. The lowest BCUT2D eigenvalue weighted by Gasteiger charge is -2.22. The van der Waals surface area contributed by atoms with Crippen LogP contribution in [0, 0.1) is 11.7 Å². The molecule has 1 aromatic rings. The van der Waals surface area contributed by atoms with Crippen molar-refractivity contribution in [3.05, 3.63) is 24.0 Å². The third-order valence-electron chi connectivity index (χ3n) is 3.29. The Labute approximate surface area is 107 Å². The van der Waals surface area contributed by atoms with E-state index in [9.17, 15) is 12.8 Å². The largest absolute Gasteiger partial charge is 0.398 e. The zero-order chi connectivity index (χ0) is 13.5. The molecule has 1 aromatic carbocycles. The standard InChI is InChI=1S/C12H17FN2O2S/c1-8-6-9(2)15(7-8)18(16,17)12-10(13)4-3-5-11(12)14/h3-5,8-9H,6-7,14H2,1-2H3. The number of benzene rings is 1. The van der Waals surface area contributed by atoms with Gasteiger partial charge in [-0.1, -0.05) is 13.0 Å². The van der Waals surface area contributed by atoms with Gasteiger partial charge in [0.05, 0.1) is 5.69 Å². The molecule has 0 spiro atoms. The minimum atomic E-state index is -3.85. The monoisotopic (exact) mass is 272 g/mol. The van der Waals surface area contributed by atoms with Crippen molar-refractivity contribution in [3.8, 4) is 0 Å². The molecule has 2 rings (SSSR count). The quantitative estimate of drug-likeness (QED) is 0.835. The molecule has 2 atom stereocenters. The van der Waals surface area contributed by atoms with Crippen molar-refractivity contribution in [1.29, 1.82) is 0 Å². The summed E-state index contributed by atoms with van der Waals surface area (Å²) in [7, 11) is -3.85. The highest BCUT2D eigenvalue weighted by molar-refractivity contribution is 7.89. The number of nitrogens with zero attached hydrogens (tertiary/aromatic N) is 1. The van der Waals surface area contributed by atoms with Gasteiger partial charge in [-0.2, -0.15) is 4.31 Å². The summed E-state index contributed by atoms with van der Waals surface area (Å²) in [6, 6.07) is 3.80. The van der Waals surface area contributed by atoms with Gasteiger partial charge in [0, 0.05) is 12.6 Å². The van der Waals surface area contributed by atoms with E-state index in [0.717, 1.165) is 12.5 Å². The lowest BCUT2D eigenvalue weighted by molar-refractivity contribution is 0.402. The Kier molecular flexibility index (Phi) is 3.33. The summed E-state index contributed by atoms with van der Waals surface area (Å²) in [6.45, 7) is 4.23. The minimum absolute atomic E-state index is 0.0400. The fourth-order valence-corrected chi connectivity index (χ4v) is 4.44. The van der Waals surface area contributed by atoms with Crippen LogP contribution in [-0.2, 0) is 10.0 Å². The van der Waals surface area contributed by atoms with Gasteiger partial charge in [0.2, 0.25) is 10.0 Å². The number of halogens is 1. The van der Waals surface area contributed by atoms with Crippen molar-refractivity contribution in [2.45, 2.75) is 31.2 Å². The Hall–Kier alpha value is -1.14. The molecule has 100 valence electrons. The molecule has 4 nitrogen and oxygen atoms in total. The van der Waals surface area contributed by atoms with Gasteiger partial charge in [0.25, 0.3) is 0 Å². The topological polar surface area (TPSA) is 63.4 Å². The van der Waals surface area contributed by atoms with Gasteiger partial charge in [-0.05, 0) is 31.4 Å². The molecule has 1 fully saturated rings. The molecule has 1 heterocycles. The SMILES string of the molecule is CC1CC(C)N(S(=O)(=O)c2c(N)cccc2F)C1. The Morgan fingerprint density at radius 2 is 2.06 bits per heavy atom. The van der Waals surface area contributed by atoms with Gasteiger partial charge in [0.1, 0.15) is 10.7 Å². The van der Waals surface area contributed by atoms with Crippen LogP contribution < -0.4 is 5.73 Å². The van der Waals surface area contributed by atoms with Crippen LogP contribution in [0.5, 0.6) is 0 Å². The molecule has 0 amide bonds. The van der Waals surface area contributed by atoms with E-state index in [4.69, 9.17) is 5.73 Å². The average molecular weight is 272 g/mol. The second-order valence-electron chi connectivity index (χ2n) is 4.92. The number of anilines is 1. The zero-order valence-corrected chi connectivity index (χ0v) is 11.2. The molecular weight excluding hydrogens is 255 g/mol. The molecule has 1 saturated heterocycles. The normalized spacial score (nSPS) is 25.5. The fourth-order valence-electron chi connectivity index (χ4n) is 2.51. The maximum atomic E-state index is 13.7. The molecule has 0 bridgehead atoms. The zero-order valence-electron chi connectivity index (χ0n) is 10.4. The van der Waals surface area contributed by atoms with E-state index in [1.807, 2.05) is 13.8 Å². The highest BCUT2D eigenvalue weighted by atomic mass is 32.2. The first-order valence-corrected chi connectivity index (χ1v) is 7.34. The first-order chi connectivity index (χ1) is 8.34. The van der Waals surface area contributed by atoms with Gasteiger partial charge in [-0.25, -0.2) is 12.8 Å². The highest BCUT2D eigenvalue weighted by Gasteiger charge is 2.38. The van der Waals surface area contributed by atoms with E-state index in [1.165, 1.54) is 16.4 Å². The van der Waals surface area contributed by atoms with Crippen molar-refractivity contribution < 1.29 is 12.8 Å². The minimum Gasteiger partial charge on any atom is -0.398 e. The lowest BCUT2D eigenvalue weighted by Crippen LogP contribution is -2.35. The van der Waals surface area contributed by atoms with Gasteiger partial charge < -0.3 is 5.73 Å². The van der Waals surface area contributed by atoms with Gasteiger partial charge in [-0.15, -0.1) is 0 Å². The van der Waals surface area contributed by atoms with E-state index in [1.54, 1.807) is 0 Å². The summed E-state index contributed by atoms with van der Waals surface area (Å²) in [4.78, 5) is -0.397. The van der Waals surface area contributed by atoms with Crippen molar-refractivity contribution >= 4 is 15.7 Å². The van der Waals surface area contributed by atoms with E-state index in [2.05, 4.69) is 0 Å². The van der Waals surface area contributed by atoms with E-state index in [-0.39, 0.29) is 17.6 Å². The Morgan fingerprint density at radius 1 is 1.39 bits per heavy atom. The van der Waals surface area contributed by atoms with Crippen LogP contribution in [0.4, 0.5) is 10.1 Å². The predicted molar refractivity (Wildman–Crippen MR) is 67.9 cm³/mol. The number of nitrogens with two attached hydrogens (primary N) is 1. The highest BCUT2D eigenvalue weighted by Crippen LogP contribution is 2.32. The third-order valence-corrected chi connectivity index (χ3v) is 5.36. The first kappa shape index (κ1) is 13.3. The molecular formula is C12H17FN2O2S. The summed E-state index contributed by atoms with van der Waals surface area (Å²) in [5.74, 6) is -0.510. The number of hydrogen-bond acceptors (Lipinski definition) is 3. The van der Waals surface area contributed by atoms with Crippen molar-refractivity contribution in [2.24, 2.45) is 5.92 Å². The molecule has 0 aromatic heterocycles. The van der Waals surface area contributed by atoms with E-state index < -0.39 is 20.7 Å². The van der Waals surface area contributed by atoms with Crippen molar-refractivity contribution in [3.63, 3.8) is 0 Å². The summed E-state index contributed by atoms with van der Waals surface area (Å²) < 4.78 is 40.0. The smallest absolute Gasteiger partial charge is 0.248 e. The third kappa shape index (κ3) is 2.10. The van der Waals surface area contributed by atoms with Crippen LogP contribution in [-0.4, -0.2) is 25.3 Å². The van der Waals surface area contributed by atoms with E-state index >= 15 is 0 Å². The van der Waals surface area contributed by atoms with E-state index in [0.29, 0.717) is 6.54 Å². The van der Waals surface area contributed by atoms with Crippen molar-refractivity contribution in [2.75, 3.05) is 12.3 Å². The molecule has 0 radical (unpaired) electrons.